The number of carbonyl (C=O) groups is 1. The third-order valence-electron chi connectivity index (χ3n) is 7.64. The summed E-state index contributed by atoms with van der Waals surface area (Å²) in [4.78, 5) is 13.7. The Morgan fingerprint density at radius 1 is 1.38 bits per heavy atom. The number of aliphatic hydroxyl groups is 1. The summed E-state index contributed by atoms with van der Waals surface area (Å²) in [6.45, 7) is 10.9. The van der Waals surface area contributed by atoms with E-state index in [2.05, 4.69) is 26.3 Å². The van der Waals surface area contributed by atoms with Gasteiger partial charge in [-0.3, -0.25) is 4.79 Å². The van der Waals surface area contributed by atoms with Crippen LogP contribution in [0.25, 0.3) is 0 Å². The van der Waals surface area contributed by atoms with E-state index in [9.17, 15) is 9.90 Å². The maximum Gasteiger partial charge on any atom is 0.173 e. The Hall–Kier alpha value is -1.15. The average molecular weight is 360 g/mol. The van der Waals surface area contributed by atoms with Gasteiger partial charge in [0.25, 0.3) is 0 Å². The van der Waals surface area contributed by atoms with Crippen molar-refractivity contribution in [2.24, 2.45) is 28.1 Å². The van der Waals surface area contributed by atoms with Gasteiger partial charge in [0, 0.05) is 35.0 Å². The highest BCUT2D eigenvalue weighted by molar-refractivity contribution is 5.86. The molecule has 1 saturated heterocycles. The highest BCUT2D eigenvalue weighted by Crippen LogP contribution is 2.67. The van der Waals surface area contributed by atoms with E-state index in [-0.39, 0.29) is 36.1 Å². The van der Waals surface area contributed by atoms with E-state index in [1.165, 1.54) is 0 Å². The summed E-state index contributed by atoms with van der Waals surface area (Å²) in [6, 6.07) is 0. The first kappa shape index (κ1) is 19.6. The van der Waals surface area contributed by atoms with Gasteiger partial charge in [0.2, 0.25) is 0 Å². The first-order chi connectivity index (χ1) is 12.2. The molecule has 1 N–H and O–H groups in total. The Bertz CT molecular complexity index is 629. The van der Waals surface area contributed by atoms with Crippen LogP contribution < -0.4 is 0 Å². The molecule has 3 fully saturated rings. The van der Waals surface area contributed by atoms with E-state index in [0.717, 1.165) is 25.7 Å². The number of ether oxygens (including phenoxy) is 2. The van der Waals surface area contributed by atoms with Crippen LogP contribution in [0.5, 0.6) is 0 Å². The first-order valence-electron chi connectivity index (χ1n) is 9.75. The van der Waals surface area contributed by atoms with E-state index in [1.54, 1.807) is 6.08 Å². The SMILES string of the molecule is C#C[C@@]12CC[C@@H](C)[C@@](C)(C(=O)C[C@](C)(C=C)CO)C1C1(CC2)OCCO1. The molecule has 1 heterocycles. The lowest BCUT2D eigenvalue weighted by molar-refractivity contribution is -0.232. The number of hydrogen-bond donors (Lipinski definition) is 1. The zero-order chi connectivity index (χ0) is 19.2. The Balaban J connectivity index is 2.06. The standard InChI is InChI=1S/C22H32O4/c1-6-19(4,15-23)14-17(24)20(5)16(3)8-9-21(7-2)10-11-22(18(20)21)25-12-13-26-22/h2,6,16,18,23H,1,8-15H2,3-5H3/t16-,18?,19+,20+,21+/m1/s1. The van der Waals surface area contributed by atoms with E-state index in [0.29, 0.717) is 13.2 Å². The van der Waals surface area contributed by atoms with E-state index in [1.807, 2.05) is 6.92 Å². The van der Waals surface area contributed by atoms with Crippen molar-refractivity contribution < 1.29 is 19.4 Å². The number of ketones is 1. The van der Waals surface area contributed by atoms with Crippen LogP contribution in [0.15, 0.2) is 12.7 Å². The molecule has 0 bridgehead atoms. The topological polar surface area (TPSA) is 55.8 Å². The average Bonchev–Trinajstić information content (AvgIpc) is 3.25. The quantitative estimate of drug-likeness (QED) is 0.603. The molecule has 4 nitrogen and oxygen atoms in total. The molecule has 5 atom stereocenters. The van der Waals surface area contributed by atoms with Gasteiger partial charge in [-0.2, -0.15) is 0 Å². The van der Waals surface area contributed by atoms with Crippen molar-refractivity contribution in [3.8, 4) is 12.3 Å². The van der Waals surface area contributed by atoms with Gasteiger partial charge < -0.3 is 14.6 Å². The van der Waals surface area contributed by atoms with Crippen molar-refractivity contribution in [2.45, 2.75) is 58.7 Å². The summed E-state index contributed by atoms with van der Waals surface area (Å²) < 4.78 is 12.3. The molecule has 3 aliphatic rings. The number of aliphatic hydroxyl groups excluding tert-OH is 1. The van der Waals surface area contributed by atoms with Gasteiger partial charge >= 0.3 is 0 Å². The smallest absolute Gasteiger partial charge is 0.173 e. The molecule has 0 radical (unpaired) electrons. The Morgan fingerprint density at radius 3 is 2.58 bits per heavy atom. The summed E-state index contributed by atoms with van der Waals surface area (Å²) >= 11 is 0. The lowest BCUT2D eigenvalue weighted by Gasteiger charge is -2.54. The Labute approximate surface area is 157 Å². The third-order valence-corrected chi connectivity index (χ3v) is 7.64. The summed E-state index contributed by atoms with van der Waals surface area (Å²) in [5.74, 6) is 2.48. The van der Waals surface area contributed by atoms with Crippen LogP contribution >= 0.6 is 0 Å². The molecule has 0 aromatic rings. The summed E-state index contributed by atoms with van der Waals surface area (Å²) in [5.41, 5.74) is -1.63. The van der Waals surface area contributed by atoms with Gasteiger partial charge in [0.15, 0.2) is 5.79 Å². The molecule has 2 aliphatic carbocycles. The minimum Gasteiger partial charge on any atom is -0.395 e. The van der Waals surface area contributed by atoms with Crippen LogP contribution in [-0.4, -0.2) is 36.5 Å². The number of rotatable bonds is 5. The number of hydrogen-bond acceptors (Lipinski definition) is 4. The molecule has 1 unspecified atom stereocenters. The van der Waals surface area contributed by atoms with Crippen LogP contribution in [-0.2, 0) is 14.3 Å². The van der Waals surface area contributed by atoms with E-state index in [4.69, 9.17) is 15.9 Å². The summed E-state index contributed by atoms with van der Waals surface area (Å²) in [6.07, 6.45) is 11.4. The minimum absolute atomic E-state index is 0.101. The van der Waals surface area contributed by atoms with Crippen LogP contribution in [0.3, 0.4) is 0 Å². The number of terminal acetylenes is 1. The van der Waals surface area contributed by atoms with Crippen molar-refractivity contribution >= 4 is 5.78 Å². The van der Waals surface area contributed by atoms with Gasteiger partial charge in [-0.15, -0.1) is 13.0 Å². The second-order valence-electron chi connectivity index (χ2n) is 9.08. The van der Waals surface area contributed by atoms with Crippen molar-refractivity contribution in [2.75, 3.05) is 19.8 Å². The van der Waals surface area contributed by atoms with Gasteiger partial charge in [-0.05, 0) is 25.2 Å². The molecule has 0 amide bonds. The highest BCUT2D eigenvalue weighted by Gasteiger charge is 2.70. The van der Waals surface area contributed by atoms with Crippen molar-refractivity contribution in [3.63, 3.8) is 0 Å². The molecule has 4 heteroatoms. The number of fused-ring (bicyclic) bond motifs is 2. The fourth-order valence-electron chi connectivity index (χ4n) is 5.66. The normalized spacial score (nSPS) is 40.6. The third kappa shape index (κ3) is 2.59. The van der Waals surface area contributed by atoms with Crippen LogP contribution in [0, 0.1) is 40.4 Å². The largest absolute Gasteiger partial charge is 0.395 e. The van der Waals surface area contributed by atoms with Crippen molar-refractivity contribution in [3.05, 3.63) is 12.7 Å². The molecule has 26 heavy (non-hydrogen) atoms. The van der Waals surface area contributed by atoms with Crippen LogP contribution in [0.1, 0.15) is 52.9 Å². The fourth-order valence-corrected chi connectivity index (χ4v) is 5.66. The summed E-state index contributed by atoms with van der Waals surface area (Å²) in [7, 11) is 0. The first-order valence-corrected chi connectivity index (χ1v) is 9.75. The maximum atomic E-state index is 13.7. The molecule has 0 aromatic carbocycles. The second kappa shape index (κ2) is 6.48. The highest BCUT2D eigenvalue weighted by atomic mass is 16.7. The molecule has 1 aliphatic heterocycles. The molecule has 3 rings (SSSR count). The minimum atomic E-state index is -0.741. The van der Waals surface area contributed by atoms with E-state index < -0.39 is 16.6 Å². The predicted molar refractivity (Wildman–Crippen MR) is 100 cm³/mol. The van der Waals surface area contributed by atoms with Crippen LogP contribution in [0.2, 0.25) is 0 Å². The predicted octanol–water partition coefficient (Wildman–Crippen LogP) is 3.34. The second-order valence-corrected chi connectivity index (χ2v) is 9.08. The monoisotopic (exact) mass is 360 g/mol. The fraction of sp³-hybridized carbons (Fsp3) is 0.773. The van der Waals surface area contributed by atoms with Gasteiger partial charge in [-0.1, -0.05) is 32.8 Å². The van der Waals surface area contributed by atoms with Gasteiger partial charge in [0.1, 0.15) is 5.78 Å². The summed E-state index contributed by atoms with van der Waals surface area (Å²) in [5, 5.41) is 9.77. The zero-order valence-corrected chi connectivity index (χ0v) is 16.3. The molecule has 1 spiro atoms. The zero-order valence-electron chi connectivity index (χ0n) is 16.3. The molecular formula is C22H32O4. The Kier molecular flexibility index (Phi) is 4.88. The van der Waals surface area contributed by atoms with Crippen molar-refractivity contribution in [1.29, 1.82) is 0 Å². The van der Waals surface area contributed by atoms with Crippen LogP contribution in [0.4, 0.5) is 0 Å². The molecule has 144 valence electrons. The Morgan fingerprint density at radius 2 is 2.04 bits per heavy atom. The number of Topliss-reactive ketones (excluding diaryl/α,β-unsaturated/α-hetero) is 1. The van der Waals surface area contributed by atoms with Gasteiger partial charge in [-0.25, -0.2) is 0 Å². The lowest BCUT2D eigenvalue weighted by atomic mass is 9.49. The lowest BCUT2D eigenvalue weighted by Crippen LogP contribution is -2.59. The number of carbonyl (C=O) groups excluding carboxylic acids is 1. The van der Waals surface area contributed by atoms with E-state index >= 15 is 0 Å². The van der Waals surface area contributed by atoms with Crippen molar-refractivity contribution in [1.82, 2.24) is 0 Å². The molecule has 2 saturated carbocycles. The molecule has 0 aromatic heterocycles. The maximum absolute atomic E-state index is 13.7. The molecular weight excluding hydrogens is 328 g/mol. The van der Waals surface area contributed by atoms with Gasteiger partial charge in [0.05, 0.1) is 19.8 Å².